The van der Waals surface area contributed by atoms with Gasteiger partial charge in [-0.2, -0.15) is 0 Å². The molecule has 0 saturated heterocycles. The standard InChI is InChI=1S/C20H18NOSi.C12H10N.Ir/c1-23(2,3)18-12-11-14(16-9-6-7-13-21-16)20-19(18)15-8-4-5-10-17(15)22-20;1-10-7-8-13-12(9-10)11-5-3-2-4-6-11;/h4-10,12-13H,1-3H3;2-5,7-9H,1H3;/q2*-1;. The SMILES string of the molecule is C[Si](C)(C)c1c[c-]c(-c2ccccn2)c2oc3ccccc3c12.Cc1ccnc(-c2[c-]cccc2)c1.[Ir]. The summed E-state index contributed by atoms with van der Waals surface area (Å²) in [7, 11) is -1.51. The number of aryl methyl sites for hydroxylation is 1. The van der Waals surface area contributed by atoms with Gasteiger partial charge in [-0.25, -0.2) is 0 Å². The van der Waals surface area contributed by atoms with Crippen LogP contribution in [0, 0.1) is 19.1 Å². The van der Waals surface area contributed by atoms with E-state index in [-0.39, 0.29) is 20.1 Å². The van der Waals surface area contributed by atoms with Crippen molar-refractivity contribution < 1.29 is 24.5 Å². The van der Waals surface area contributed by atoms with E-state index in [2.05, 4.69) is 72.9 Å². The molecule has 0 aliphatic rings. The molecule has 1 radical (unpaired) electrons. The van der Waals surface area contributed by atoms with Crippen molar-refractivity contribution in [3.8, 4) is 22.5 Å². The number of furan rings is 1. The Morgan fingerprint density at radius 2 is 1.54 bits per heavy atom. The normalized spacial score (nSPS) is 11.0. The van der Waals surface area contributed by atoms with Gasteiger partial charge >= 0.3 is 0 Å². The van der Waals surface area contributed by atoms with Crippen LogP contribution < -0.4 is 5.19 Å². The average Bonchev–Trinajstić information content (AvgIpc) is 3.29. The molecule has 0 saturated carbocycles. The van der Waals surface area contributed by atoms with Crippen LogP contribution in [0.1, 0.15) is 5.56 Å². The summed E-state index contributed by atoms with van der Waals surface area (Å²) >= 11 is 0. The minimum Gasteiger partial charge on any atom is -0.501 e. The second kappa shape index (κ2) is 11.3. The van der Waals surface area contributed by atoms with E-state index in [1.54, 1.807) is 0 Å². The topological polar surface area (TPSA) is 38.9 Å². The Hall–Kier alpha value is -3.37. The molecule has 3 nitrogen and oxygen atoms in total. The molecule has 37 heavy (non-hydrogen) atoms. The molecule has 6 aromatic rings. The predicted molar refractivity (Wildman–Crippen MR) is 152 cm³/mol. The maximum atomic E-state index is 6.22. The fourth-order valence-electron chi connectivity index (χ4n) is 4.30. The van der Waals surface area contributed by atoms with Crippen LogP contribution in [0.4, 0.5) is 0 Å². The number of aromatic nitrogens is 2. The van der Waals surface area contributed by atoms with Crippen molar-refractivity contribution in [3.05, 3.63) is 115 Å². The predicted octanol–water partition coefficient (Wildman–Crippen LogP) is 7.85. The van der Waals surface area contributed by atoms with Crippen LogP contribution in [0.15, 0.2) is 102 Å². The van der Waals surface area contributed by atoms with Gasteiger partial charge in [0, 0.05) is 46.0 Å². The van der Waals surface area contributed by atoms with Gasteiger partial charge in [-0.3, -0.25) is 0 Å². The molecule has 0 N–H and O–H groups in total. The largest absolute Gasteiger partial charge is 0.501 e. The Morgan fingerprint density at radius 3 is 2.24 bits per heavy atom. The first-order valence-corrected chi connectivity index (χ1v) is 15.6. The van der Waals surface area contributed by atoms with E-state index < -0.39 is 8.07 Å². The number of benzene rings is 3. The number of pyridine rings is 2. The summed E-state index contributed by atoms with van der Waals surface area (Å²) in [6, 6.07) is 34.9. The van der Waals surface area contributed by atoms with Crippen molar-refractivity contribution in [1.82, 2.24) is 9.97 Å². The molecule has 3 aromatic heterocycles. The van der Waals surface area contributed by atoms with E-state index in [9.17, 15) is 0 Å². The zero-order chi connectivity index (χ0) is 25.1. The van der Waals surface area contributed by atoms with Crippen molar-refractivity contribution in [2.24, 2.45) is 0 Å². The number of nitrogens with zero attached hydrogens (tertiary/aromatic N) is 2. The summed E-state index contributed by atoms with van der Waals surface area (Å²) in [5.74, 6) is 0. The van der Waals surface area contributed by atoms with Gasteiger partial charge in [-0.1, -0.05) is 72.6 Å². The minimum absolute atomic E-state index is 0. The quantitative estimate of drug-likeness (QED) is 0.142. The van der Waals surface area contributed by atoms with Crippen LogP contribution in [0.2, 0.25) is 19.6 Å². The molecule has 187 valence electrons. The molecule has 0 bridgehead atoms. The van der Waals surface area contributed by atoms with Crippen LogP contribution in [0.5, 0.6) is 0 Å². The molecular weight excluding hydrogens is 649 g/mol. The Bertz CT molecular complexity index is 1620. The zero-order valence-electron chi connectivity index (χ0n) is 21.4. The van der Waals surface area contributed by atoms with Crippen LogP contribution >= 0.6 is 0 Å². The van der Waals surface area contributed by atoms with Crippen molar-refractivity contribution in [3.63, 3.8) is 0 Å². The van der Waals surface area contributed by atoms with E-state index in [1.165, 1.54) is 21.5 Å². The first-order chi connectivity index (χ1) is 17.4. The fraction of sp³-hybridized carbons (Fsp3) is 0.125. The molecule has 0 amide bonds. The molecule has 0 aliphatic heterocycles. The summed E-state index contributed by atoms with van der Waals surface area (Å²) < 4.78 is 6.22. The summed E-state index contributed by atoms with van der Waals surface area (Å²) in [5, 5.41) is 3.81. The molecule has 0 atom stereocenters. The van der Waals surface area contributed by atoms with Gasteiger partial charge in [0.25, 0.3) is 0 Å². The molecule has 0 spiro atoms. The van der Waals surface area contributed by atoms with E-state index in [0.29, 0.717) is 0 Å². The number of fused-ring (bicyclic) bond motifs is 3. The van der Waals surface area contributed by atoms with Gasteiger partial charge in [0.05, 0.1) is 5.58 Å². The van der Waals surface area contributed by atoms with E-state index in [0.717, 1.165) is 33.7 Å². The fourth-order valence-corrected chi connectivity index (χ4v) is 5.80. The van der Waals surface area contributed by atoms with Gasteiger partial charge in [-0.05, 0) is 36.5 Å². The molecular formula is C32H28IrN2OSi-2. The number of para-hydroxylation sites is 1. The van der Waals surface area contributed by atoms with Crippen LogP contribution in [0.25, 0.3) is 44.5 Å². The Kier molecular flexibility index (Phi) is 8.18. The molecule has 6 rings (SSSR count). The van der Waals surface area contributed by atoms with Crippen LogP contribution in [-0.2, 0) is 20.1 Å². The van der Waals surface area contributed by atoms with Crippen molar-refractivity contribution >= 4 is 35.2 Å². The zero-order valence-corrected chi connectivity index (χ0v) is 24.8. The van der Waals surface area contributed by atoms with Crippen molar-refractivity contribution in [2.45, 2.75) is 26.6 Å². The summed E-state index contributed by atoms with van der Waals surface area (Å²) in [6.45, 7) is 9.14. The van der Waals surface area contributed by atoms with Gasteiger partial charge in [0.15, 0.2) is 0 Å². The molecule has 0 fully saturated rings. The average molecular weight is 677 g/mol. The minimum atomic E-state index is -1.51. The van der Waals surface area contributed by atoms with E-state index >= 15 is 0 Å². The van der Waals surface area contributed by atoms with Gasteiger partial charge in [0.2, 0.25) is 0 Å². The molecule has 3 heterocycles. The molecule has 0 unspecified atom stereocenters. The second-order valence-electron chi connectivity index (χ2n) is 9.84. The first kappa shape index (κ1) is 26.7. The Labute approximate surface area is 233 Å². The van der Waals surface area contributed by atoms with Gasteiger partial charge < -0.3 is 14.4 Å². The van der Waals surface area contributed by atoms with Crippen LogP contribution in [-0.4, -0.2) is 18.0 Å². The Morgan fingerprint density at radius 1 is 0.784 bits per heavy atom. The summed E-state index contributed by atoms with van der Waals surface area (Å²) in [4.78, 5) is 8.76. The number of hydrogen-bond donors (Lipinski definition) is 0. The van der Waals surface area contributed by atoms with Crippen molar-refractivity contribution in [2.75, 3.05) is 0 Å². The monoisotopic (exact) mass is 677 g/mol. The summed E-state index contributed by atoms with van der Waals surface area (Å²) in [5.41, 5.74) is 6.94. The van der Waals surface area contributed by atoms with Crippen LogP contribution in [0.3, 0.4) is 0 Å². The Balaban J connectivity index is 0.000000195. The molecule has 0 aliphatic carbocycles. The third-order valence-corrected chi connectivity index (χ3v) is 8.09. The van der Waals surface area contributed by atoms with E-state index in [4.69, 9.17) is 4.42 Å². The van der Waals surface area contributed by atoms with Gasteiger partial charge in [-0.15, -0.1) is 53.2 Å². The second-order valence-corrected chi connectivity index (χ2v) is 14.9. The summed E-state index contributed by atoms with van der Waals surface area (Å²) in [6.07, 6.45) is 3.63. The van der Waals surface area contributed by atoms with E-state index in [1.807, 2.05) is 73.1 Å². The van der Waals surface area contributed by atoms with Crippen molar-refractivity contribution in [1.29, 1.82) is 0 Å². The first-order valence-electron chi connectivity index (χ1n) is 12.1. The third kappa shape index (κ3) is 5.80. The maximum absolute atomic E-state index is 6.22. The third-order valence-electron chi connectivity index (χ3n) is 6.08. The number of hydrogen-bond acceptors (Lipinski definition) is 3. The number of rotatable bonds is 3. The smallest absolute Gasteiger partial charge is 0.120 e. The maximum Gasteiger partial charge on any atom is 0.120 e. The molecule has 5 heteroatoms. The van der Waals surface area contributed by atoms with Gasteiger partial charge in [0.1, 0.15) is 5.58 Å². The molecule has 3 aromatic carbocycles.